The third-order valence-corrected chi connectivity index (χ3v) is 4.69. The van der Waals surface area contributed by atoms with Gasteiger partial charge in [0.1, 0.15) is 0 Å². The molecule has 0 spiro atoms. The first-order valence-electron chi connectivity index (χ1n) is 9.62. The third-order valence-electron chi connectivity index (χ3n) is 4.69. The Kier molecular flexibility index (Phi) is 8.04. The number of ether oxygens (including phenoxy) is 2. The highest BCUT2D eigenvalue weighted by molar-refractivity contribution is 5.80. The Morgan fingerprint density at radius 1 is 1.27 bits per heavy atom. The smallest absolute Gasteiger partial charge is 0.191 e. The van der Waals surface area contributed by atoms with E-state index >= 15 is 0 Å². The van der Waals surface area contributed by atoms with Gasteiger partial charge < -0.3 is 25.0 Å². The number of rotatable bonds is 8. The molecule has 0 radical (unpaired) electrons. The van der Waals surface area contributed by atoms with Crippen molar-refractivity contribution in [1.29, 1.82) is 0 Å². The number of benzene rings is 1. The predicted molar refractivity (Wildman–Crippen MR) is 107 cm³/mol. The van der Waals surface area contributed by atoms with E-state index < -0.39 is 0 Å². The van der Waals surface area contributed by atoms with Gasteiger partial charge in [-0.1, -0.05) is 6.07 Å². The number of hydrogen-bond donors (Lipinski definition) is 2. The van der Waals surface area contributed by atoms with Crippen LogP contribution in [0.5, 0.6) is 11.5 Å². The summed E-state index contributed by atoms with van der Waals surface area (Å²) in [7, 11) is 3.99. The summed E-state index contributed by atoms with van der Waals surface area (Å²) in [5.41, 5.74) is 1.14. The average Bonchev–Trinajstić information content (AvgIpc) is 3.05. The first kappa shape index (κ1) is 20.4. The van der Waals surface area contributed by atoms with Gasteiger partial charge in [0.2, 0.25) is 0 Å². The molecule has 0 aliphatic carbocycles. The summed E-state index contributed by atoms with van der Waals surface area (Å²) in [5.74, 6) is 3.10. The Balaban J connectivity index is 1.96. The van der Waals surface area contributed by atoms with E-state index in [9.17, 15) is 0 Å². The zero-order valence-corrected chi connectivity index (χ0v) is 16.8. The fourth-order valence-electron chi connectivity index (χ4n) is 3.25. The number of aliphatic imine (C=N–C) groups is 1. The van der Waals surface area contributed by atoms with E-state index in [0.717, 1.165) is 36.1 Å². The lowest BCUT2D eigenvalue weighted by atomic mass is 10.1. The highest BCUT2D eigenvalue weighted by Gasteiger charge is 2.20. The molecular weight excluding hydrogens is 328 g/mol. The number of nitrogens with one attached hydrogen (secondary N) is 2. The van der Waals surface area contributed by atoms with Crippen LogP contribution in [0.1, 0.15) is 38.8 Å². The molecule has 1 aliphatic rings. The third kappa shape index (κ3) is 5.80. The van der Waals surface area contributed by atoms with E-state index in [0.29, 0.717) is 19.1 Å². The minimum atomic E-state index is 0.113. The van der Waals surface area contributed by atoms with Gasteiger partial charge >= 0.3 is 0 Å². The van der Waals surface area contributed by atoms with Crippen LogP contribution in [0.2, 0.25) is 0 Å². The van der Waals surface area contributed by atoms with E-state index in [4.69, 9.17) is 9.47 Å². The number of guanidine groups is 1. The van der Waals surface area contributed by atoms with Crippen molar-refractivity contribution in [3.05, 3.63) is 23.8 Å². The molecule has 26 heavy (non-hydrogen) atoms. The van der Waals surface area contributed by atoms with Crippen molar-refractivity contribution in [3.63, 3.8) is 0 Å². The summed E-state index contributed by atoms with van der Waals surface area (Å²) in [4.78, 5) is 6.74. The first-order chi connectivity index (χ1) is 12.6. The number of hydrogen-bond acceptors (Lipinski definition) is 4. The van der Waals surface area contributed by atoms with Crippen molar-refractivity contribution in [1.82, 2.24) is 15.5 Å². The fraction of sp³-hybridized carbons (Fsp3) is 0.650. The van der Waals surface area contributed by atoms with Crippen LogP contribution in [0.25, 0.3) is 0 Å². The number of likely N-dealkylation sites (tertiary alicyclic amines) is 1. The van der Waals surface area contributed by atoms with Crippen LogP contribution >= 0.6 is 0 Å². The van der Waals surface area contributed by atoms with Crippen LogP contribution in [0.4, 0.5) is 0 Å². The zero-order chi connectivity index (χ0) is 18.9. The van der Waals surface area contributed by atoms with Gasteiger partial charge in [-0.2, -0.15) is 0 Å². The molecule has 1 fully saturated rings. The molecule has 2 atom stereocenters. The molecule has 146 valence electrons. The summed E-state index contributed by atoms with van der Waals surface area (Å²) in [6.45, 7) is 10.6. The topological polar surface area (TPSA) is 58.1 Å². The van der Waals surface area contributed by atoms with Crippen LogP contribution in [-0.2, 0) is 0 Å². The lowest BCUT2D eigenvalue weighted by Crippen LogP contribution is -2.41. The highest BCUT2D eigenvalue weighted by atomic mass is 16.5. The maximum absolute atomic E-state index is 5.73. The molecule has 2 N–H and O–H groups in total. The number of nitrogens with zero attached hydrogens (tertiary/aromatic N) is 2. The molecule has 1 aromatic carbocycles. The quantitative estimate of drug-likeness (QED) is 0.550. The molecule has 0 amide bonds. The first-order valence-corrected chi connectivity index (χ1v) is 9.62. The summed E-state index contributed by atoms with van der Waals surface area (Å²) in [5, 5.41) is 6.93. The Bertz CT molecular complexity index is 591. The Labute approximate surface area is 158 Å². The maximum atomic E-state index is 5.73. The lowest BCUT2D eigenvalue weighted by molar-refractivity contribution is 0.287. The van der Waals surface area contributed by atoms with Gasteiger partial charge in [-0.05, 0) is 64.4 Å². The minimum absolute atomic E-state index is 0.113. The van der Waals surface area contributed by atoms with Gasteiger partial charge in [0.05, 0.1) is 19.3 Å². The molecule has 1 aromatic rings. The van der Waals surface area contributed by atoms with E-state index in [-0.39, 0.29) is 6.04 Å². The minimum Gasteiger partial charge on any atom is -0.490 e. The van der Waals surface area contributed by atoms with Crippen molar-refractivity contribution in [2.75, 3.05) is 46.9 Å². The summed E-state index contributed by atoms with van der Waals surface area (Å²) < 4.78 is 11.4. The predicted octanol–water partition coefficient (Wildman–Crippen LogP) is 2.66. The second-order valence-electron chi connectivity index (χ2n) is 6.81. The molecule has 6 nitrogen and oxygen atoms in total. The van der Waals surface area contributed by atoms with Crippen molar-refractivity contribution in [3.8, 4) is 11.5 Å². The van der Waals surface area contributed by atoms with Crippen LogP contribution < -0.4 is 20.1 Å². The molecule has 6 heteroatoms. The maximum Gasteiger partial charge on any atom is 0.191 e. The standard InChI is InChI=1S/C20H34N4O2/c1-6-25-18-9-8-17(12-19(18)26-7-2)15(3)23-20(21-4)22-13-16-10-11-24(5)14-16/h8-9,12,15-16H,6-7,10-11,13-14H2,1-5H3,(H2,21,22,23). The normalized spacial score (nSPS) is 19.3. The van der Waals surface area contributed by atoms with Crippen LogP contribution in [0.15, 0.2) is 23.2 Å². The van der Waals surface area contributed by atoms with E-state index in [2.05, 4.69) is 40.6 Å². The Morgan fingerprint density at radius 3 is 2.62 bits per heavy atom. The zero-order valence-electron chi connectivity index (χ0n) is 16.8. The molecule has 1 heterocycles. The van der Waals surface area contributed by atoms with E-state index in [1.807, 2.05) is 33.0 Å². The van der Waals surface area contributed by atoms with E-state index in [1.54, 1.807) is 0 Å². The molecule has 0 bridgehead atoms. The Hall–Kier alpha value is -1.95. The van der Waals surface area contributed by atoms with Gasteiger partial charge in [-0.25, -0.2) is 0 Å². The molecule has 1 saturated heterocycles. The molecule has 0 saturated carbocycles. The van der Waals surface area contributed by atoms with Gasteiger partial charge in [0.15, 0.2) is 17.5 Å². The van der Waals surface area contributed by atoms with E-state index in [1.165, 1.54) is 13.0 Å². The summed E-state index contributed by atoms with van der Waals surface area (Å²) >= 11 is 0. The van der Waals surface area contributed by atoms with Gasteiger partial charge in [0.25, 0.3) is 0 Å². The average molecular weight is 363 g/mol. The molecular formula is C20H34N4O2. The fourth-order valence-corrected chi connectivity index (χ4v) is 3.25. The highest BCUT2D eigenvalue weighted by Crippen LogP contribution is 2.30. The Morgan fingerprint density at radius 2 is 2.00 bits per heavy atom. The van der Waals surface area contributed by atoms with Gasteiger partial charge in [0, 0.05) is 20.1 Å². The van der Waals surface area contributed by atoms with Gasteiger partial charge in [-0.15, -0.1) is 0 Å². The monoisotopic (exact) mass is 362 g/mol. The largest absolute Gasteiger partial charge is 0.490 e. The molecule has 0 aromatic heterocycles. The summed E-state index contributed by atoms with van der Waals surface area (Å²) in [6.07, 6.45) is 1.24. The van der Waals surface area contributed by atoms with Crippen molar-refractivity contribution in [2.45, 2.75) is 33.2 Å². The van der Waals surface area contributed by atoms with Crippen LogP contribution in [0.3, 0.4) is 0 Å². The second-order valence-corrected chi connectivity index (χ2v) is 6.81. The lowest BCUT2D eigenvalue weighted by Gasteiger charge is -2.21. The van der Waals surface area contributed by atoms with Crippen molar-refractivity contribution in [2.24, 2.45) is 10.9 Å². The van der Waals surface area contributed by atoms with Crippen molar-refractivity contribution < 1.29 is 9.47 Å². The van der Waals surface area contributed by atoms with Gasteiger partial charge in [-0.3, -0.25) is 4.99 Å². The second kappa shape index (κ2) is 10.3. The summed E-state index contributed by atoms with van der Waals surface area (Å²) in [6, 6.07) is 6.21. The van der Waals surface area contributed by atoms with Crippen LogP contribution in [0, 0.1) is 5.92 Å². The molecule has 2 rings (SSSR count). The van der Waals surface area contributed by atoms with Crippen LogP contribution in [-0.4, -0.2) is 57.8 Å². The molecule has 1 aliphatic heterocycles. The SMILES string of the molecule is CCOc1ccc(C(C)NC(=NC)NCC2CCN(C)C2)cc1OCC. The van der Waals surface area contributed by atoms with Crippen molar-refractivity contribution >= 4 is 5.96 Å². The molecule has 2 unspecified atom stereocenters.